The molecular weight excluding hydrogens is 226 g/mol. The van der Waals surface area contributed by atoms with E-state index in [1.54, 1.807) is 0 Å². The van der Waals surface area contributed by atoms with Crippen LogP contribution in [-0.2, 0) is 0 Å². The second-order valence-electron chi connectivity index (χ2n) is 3.37. The van der Waals surface area contributed by atoms with E-state index in [-0.39, 0.29) is 6.04 Å². The van der Waals surface area contributed by atoms with Gasteiger partial charge in [-0.15, -0.1) is 0 Å². The molecule has 0 aliphatic heterocycles. The number of rotatable bonds is 3. The third kappa shape index (κ3) is 2.55. The van der Waals surface area contributed by atoms with Gasteiger partial charge in [0.1, 0.15) is 0 Å². The largest absolute Gasteiger partial charge is 0.324 e. The van der Waals surface area contributed by atoms with Gasteiger partial charge in [0.2, 0.25) is 0 Å². The number of hydrogen-bond donors (Lipinski definition) is 1. The maximum absolute atomic E-state index is 6.05. The highest BCUT2D eigenvalue weighted by atomic mass is 79.9. The van der Waals surface area contributed by atoms with Gasteiger partial charge in [-0.05, 0) is 24.5 Å². The van der Waals surface area contributed by atoms with E-state index < -0.39 is 0 Å². The monoisotopic (exact) mass is 241 g/mol. The molecule has 0 radical (unpaired) electrons. The molecule has 0 saturated carbocycles. The molecule has 0 aliphatic carbocycles. The molecule has 2 heteroatoms. The van der Waals surface area contributed by atoms with Gasteiger partial charge >= 0.3 is 0 Å². The van der Waals surface area contributed by atoms with Gasteiger partial charge in [-0.2, -0.15) is 0 Å². The average molecular weight is 242 g/mol. The molecule has 1 atom stereocenters. The van der Waals surface area contributed by atoms with Crippen LogP contribution in [0.2, 0.25) is 0 Å². The van der Waals surface area contributed by atoms with Gasteiger partial charge in [-0.3, -0.25) is 0 Å². The molecule has 2 N–H and O–H groups in total. The SMILES string of the molecule is CCCC(N)c1cccc(C)c1Br. The Kier molecular flexibility index (Phi) is 3.94. The van der Waals surface area contributed by atoms with Crippen LogP contribution in [0.4, 0.5) is 0 Å². The molecule has 1 rings (SSSR count). The summed E-state index contributed by atoms with van der Waals surface area (Å²) >= 11 is 3.57. The Morgan fingerprint density at radius 3 is 2.77 bits per heavy atom. The predicted molar refractivity (Wildman–Crippen MR) is 60.7 cm³/mol. The van der Waals surface area contributed by atoms with Crippen LogP contribution in [0.15, 0.2) is 22.7 Å². The number of hydrogen-bond acceptors (Lipinski definition) is 1. The van der Waals surface area contributed by atoms with E-state index in [1.165, 1.54) is 11.1 Å². The smallest absolute Gasteiger partial charge is 0.0306 e. The van der Waals surface area contributed by atoms with Crippen molar-refractivity contribution in [3.8, 4) is 0 Å². The molecule has 0 bridgehead atoms. The zero-order valence-corrected chi connectivity index (χ0v) is 9.76. The van der Waals surface area contributed by atoms with Crippen molar-refractivity contribution in [3.63, 3.8) is 0 Å². The molecule has 0 spiro atoms. The molecule has 0 aliphatic rings. The molecular formula is C11H16BrN. The summed E-state index contributed by atoms with van der Waals surface area (Å²) in [5.41, 5.74) is 8.52. The minimum atomic E-state index is 0.166. The summed E-state index contributed by atoms with van der Waals surface area (Å²) in [5, 5.41) is 0. The van der Waals surface area contributed by atoms with Gasteiger partial charge in [-0.1, -0.05) is 47.5 Å². The van der Waals surface area contributed by atoms with E-state index in [0.29, 0.717) is 0 Å². The van der Waals surface area contributed by atoms with Crippen molar-refractivity contribution >= 4 is 15.9 Å². The summed E-state index contributed by atoms with van der Waals surface area (Å²) in [6.07, 6.45) is 2.17. The first-order valence-corrected chi connectivity index (χ1v) is 5.46. The molecule has 72 valence electrons. The fourth-order valence-corrected chi connectivity index (χ4v) is 1.98. The lowest BCUT2D eigenvalue weighted by Crippen LogP contribution is -2.10. The Morgan fingerprint density at radius 1 is 1.46 bits per heavy atom. The molecule has 1 nitrogen and oxygen atoms in total. The molecule has 1 aromatic rings. The zero-order valence-electron chi connectivity index (χ0n) is 8.18. The van der Waals surface area contributed by atoms with Crippen LogP contribution in [0.5, 0.6) is 0 Å². The Bertz CT molecular complexity index is 283. The van der Waals surface area contributed by atoms with Crippen molar-refractivity contribution in [2.75, 3.05) is 0 Å². The van der Waals surface area contributed by atoms with Gasteiger partial charge in [-0.25, -0.2) is 0 Å². The van der Waals surface area contributed by atoms with Crippen molar-refractivity contribution < 1.29 is 0 Å². The number of benzene rings is 1. The summed E-state index contributed by atoms with van der Waals surface area (Å²) < 4.78 is 1.16. The van der Waals surface area contributed by atoms with E-state index in [1.807, 2.05) is 0 Å². The van der Waals surface area contributed by atoms with E-state index in [4.69, 9.17) is 5.73 Å². The lowest BCUT2D eigenvalue weighted by molar-refractivity contribution is 0.635. The van der Waals surface area contributed by atoms with Gasteiger partial charge in [0.15, 0.2) is 0 Å². The van der Waals surface area contributed by atoms with Crippen LogP contribution < -0.4 is 5.73 Å². The summed E-state index contributed by atoms with van der Waals surface area (Å²) in [6, 6.07) is 6.41. The Labute approximate surface area is 88.5 Å². The Morgan fingerprint density at radius 2 is 2.15 bits per heavy atom. The minimum absolute atomic E-state index is 0.166. The van der Waals surface area contributed by atoms with Crippen LogP contribution in [0.25, 0.3) is 0 Å². The van der Waals surface area contributed by atoms with Crippen molar-refractivity contribution in [1.82, 2.24) is 0 Å². The lowest BCUT2D eigenvalue weighted by Gasteiger charge is -2.13. The molecule has 0 heterocycles. The van der Waals surface area contributed by atoms with Crippen molar-refractivity contribution in [3.05, 3.63) is 33.8 Å². The van der Waals surface area contributed by atoms with Crippen LogP contribution in [0.1, 0.15) is 36.9 Å². The summed E-state index contributed by atoms with van der Waals surface area (Å²) in [4.78, 5) is 0. The minimum Gasteiger partial charge on any atom is -0.324 e. The standard InChI is InChI=1S/C11H16BrN/c1-3-5-10(13)9-7-4-6-8(2)11(9)12/h4,6-7,10H,3,5,13H2,1-2H3. The van der Waals surface area contributed by atoms with Gasteiger partial charge in [0.05, 0.1) is 0 Å². The first kappa shape index (κ1) is 10.7. The fraction of sp³-hybridized carbons (Fsp3) is 0.455. The highest BCUT2D eigenvalue weighted by molar-refractivity contribution is 9.10. The number of aryl methyl sites for hydroxylation is 1. The first-order chi connectivity index (χ1) is 6.16. The van der Waals surface area contributed by atoms with Crippen LogP contribution >= 0.6 is 15.9 Å². The van der Waals surface area contributed by atoms with Crippen molar-refractivity contribution in [2.24, 2.45) is 5.73 Å². The molecule has 0 aromatic heterocycles. The highest BCUT2D eigenvalue weighted by Crippen LogP contribution is 2.27. The topological polar surface area (TPSA) is 26.0 Å². The molecule has 0 saturated heterocycles. The highest BCUT2D eigenvalue weighted by Gasteiger charge is 2.09. The molecule has 0 fully saturated rings. The second-order valence-corrected chi connectivity index (χ2v) is 4.17. The lowest BCUT2D eigenvalue weighted by atomic mass is 10.0. The molecule has 0 amide bonds. The molecule has 1 aromatic carbocycles. The summed E-state index contributed by atoms with van der Waals surface area (Å²) in [7, 11) is 0. The third-order valence-electron chi connectivity index (χ3n) is 2.22. The average Bonchev–Trinajstić information content (AvgIpc) is 2.10. The van der Waals surface area contributed by atoms with E-state index in [9.17, 15) is 0 Å². The van der Waals surface area contributed by atoms with Crippen LogP contribution in [0, 0.1) is 6.92 Å². The van der Waals surface area contributed by atoms with Crippen LogP contribution in [0.3, 0.4) is 0 Å². The summed E-state index contributed by atoms with van der Waals surface area (Å²) in [5.74, 6) is 0. The Balaban J connectivity index is 2.93. The normalized spacial score (nSPS) is 12.9. The van der Waals surface area contributed by atoms with Crippen LogP contribution in [-0.4, -0.2) is 0 Å². The zero-order chi connectivity index (χ0) is 9.84. The van der Waals surface area contributed by atoms with Gasteiger partial charge in [0.25, 0.3) is 0 Å². The molecule has 13 heavy (non-hydrogen) atoms. The van der Waals surface area contributed by atoms with Gasteiger partial charge in [0, 0.05) is 10.5 Å². The van der Waals surface area contributed by atoms with Crippen molar-refractivity contribution in [1.29, 1.82) is 0 Å². The number of nitrogens with two attached hydrogens (primary N) is 1. The van der Waals surface area contributed by atoms with Crippen molar-refractivity contribution in [2.45, 2.75) is 32.7 Å². The number of halogens is 1. The van der Waals surface area contributed by atoms with E-state index in [0.717, 1.165) is 17.3 Å². The summed E-state index contributed by atoms with van der Waals surface area (Å²) in [6.45, 7) is 4.25. The maximum Gasteiger partial charge on any atom is 0.0306 e. The fourth-order valence-electron chi connectivity index (χ4n) is 1.42. The quantitative estimate of drug-likeness (QED) is 0.861. The van der Waals surface area contributed by atoms with Gasteiger partial charge < -0.3 is 5.73 Å². The predicted octanol–water partition coefficient (Wildman–Crippen LogP) is 3.56. The first-order valence-electron chi connectivity index (χ1n) is 4.67. The molecule has 1 unspecified atom stereocenters. The third-order valence-corrected chi connectivity index (χ3v) is 3.30. The Hall–Kier alpha value is -0.340. The van der Waals surface area contributed by atoms with E-state index in [2.05, 4.69) is 48.0 Å². The maximum atomic E-state index is 6.05. The second kappa shape index (κ2) is 4.77. The van der Waals surface area contributed by atoms with E-state index >= 15 is 0 Å².